The molecular weight excluding hydrogens is 276 g/mol. The van der Waals surface area contributed by atoms with Crippen LogP contribution < -0.4 is 10.6 Å². The van der Waals surface area contributed by atoms with Gasteiger partial charge in [0.2, 0.25) is 0 Å². The summed E-state index contributed by atoms with van der Waals surface area (Å²) in [7, 11) is 1.64. The number of carbonyl (C=O) groups excluding carboxylic acids is 1. The minimum atomic E-state index is -0.00630. The van der Waals surface area contributed by atoms with E-state index in [0.29, 0.717) is 18.2 Å². The first-order valence-corrected chi connectivity index (χ1v) is 6.83. The molecule has 1 heterocycles. The van der Waals surface area contributed by atoms with Crippen LogP contribution in [0.15, 0.2) is 24.3 Å². The van der Waals surface area contributed by atoms with Gasteiger partial charge in [-0.2, -0.15) is 0 Å². The minimum Gasteiger partial charge on any atom is -0.380 e. The molecule has 2 unspecified atom stereocenters. The molecule has 20 heavy (non-hydrogen) atoms. The van der Waals surface area contributed by atoms with Crippen LogP contribution in [0, 0.1) is 0 Å². The van der Waals surface area contributed by atoms with Gasteiger partial charge in [0.15, 0.2) is 0 Å². The maximum atomic E-state index is 12.4. The Morgan fingerprint density at radius 3 is 2.90 bits per heavy atom. The average molecular weight is 299 g/mol. The molecule has 2 N–H and O–H groups in total. The van der Waals surface area contributed by atoms with Crippen LogP contribution in [0.5, 0.6) is 0 Å². The summed E-state index contributed by atoms with van der Waals surface area (Å²) in [5.74, 6) is -0.00630. The highest BCUT2D eigenvalue weighted by Crippen LogP contribution is 2.13. The zero-order chi connectivity index (χ0) is 13.7. The van der Waals surface area contributed by atoms with Crippen molar-refractivity contribution >= 4 is 18.3 Å². The fraction of sp³-hybridized carbons (Fsp3) is 0.533. The van der Waals surface area contributed by atoms with Gasteiger partial charge in [-0.05, 0) is 37.9 Å². The molecular formula is C15H23ClN2O2. The summed E-state index contributed by atoms with van der Waals surface area (Å²) < 4.78 is 5.14. The van der Waals surface area contributed by atoms with E-state index in [2.05, 4.69) is 17.6 Å². The minimum absolute atomic E-state index is 0. The van der Waals surface area contributed by atoms with Crippen molar-refractivity contribution in [2.24, 2.45) is 0 Å². The molecule has 112 valence electrons. The number of methoxy groups -OCH3 is 1. The highest BCUT2D eigenvalue weighted by molar-refractivity contribution is 5.95. The number of ether oxygens (including phenoxy) is 1. The highest BCUT2D eigenvalue weighted by Gasteiger charge is 2.23. The lowest BCUT2D eigenvalue weighted by Crippen LogP contribution is -2.52. The first-order valence-electron chi connectivity index (χ1n) is 6.83. The molecule has 0 radical (unpaired) electrons. The van der Waals surface area contributed by atoms with Gasteiger partial charge in [0.05, 0.1) is 6.61 Å². The molecule has 1 saturated heterocycles. The Morgan fingerprint density at radius 1 is 1.45 bits per heavy atom. The van der Waals surface area contributed by atoms with Crippen LogP contribution in [0.25, 0.3) is 0 Å². The van der Waals surface area contributed by atoms with Gasteiger partial charge in [-0.15, -0.1) is 12.4 Å². The lowest BCUT2D eigenvalue weighted by molar-refractivity contribution is 0.0915. The molecule has 0 aromatic heterocycles. The first-order chi connectivity index (χ1) is 9.22. The number of rotatable bonds is 4. The van der Waals surface area contributed by atoms with Gasteiger partial charge in [-0.1, -0.05) is 18.2 Å². The maximum Gasteiger partial charge on any atom is 0.251 e. The average Bonchev–Trinajstić information content (AvgIpc) is 2.42. The number of piperidine rings is 1. The van der Waals surface area contributed by atoms with Crippen molar-refractivity contribution in [1.29, 1.82) is 0 Å². The fourth-order valence-corrected chi connectivity index (χ4v) is 2.51. The molecule has 0 bridgehead atoms. The number of hydrogen-bond acceptors (Lipinski definition) is 3. The maximum absolute atomic E-state index is 12.4. The molecule has 2 atom stereocenters. The summed E-state index contributed by atoms with van der Waals surface area (Å²) in [6.07, 6.45) is 2.14. The summed E-state index contributed by atoms with van der Waals surface area (Å²) in [4.78, 5) is 12.4. The molecule has 1 aromatic carbocycles. The van der Waals surface area contributed by atoms with Crippen molar-refractivity contribution in [3.8, 4) is 0 Å². The molecule has 1 fully saturated rings. The number of amides is 1. The van der Waals surface area contributed by atoms with Crippen molar-refractivity contribution in [2.45, 2.75) is 38.5 Å². The Kier molecular flexibility index (Phi) is 6.99. The zero-order valence-electron chi connectivity index (χ0n) is 12.0. The van der Waals surface area contributed by atoms with E-state index in [-0.39, 0.29) is 24.4 Å². The molecule has 0 saturated carbocycles. The predicted octanol–water partition coefficient (Wildman–Crippen LogP) is 2.13. The molecule has 0 aliphatic carbocycles. The van der Waals surface area contributed by atoms with Crippen molar-refractivity contribution in [1.82, 2.24) is 10.6 Å². The summed E-state index contributed by atoms with van der Waals surface area (Å²) in [6.45, 7) is 3.61. The zero-order valence-corrected chi connectivity index (χ0v) is 12.8. The Bertz CT molecular complexity index is 440. The third-order valence-electron chi connectivity index (χ3n) is 3.64. The van der Waals surface area contributed by atoms with Crippen LogP contribution in [0.1, 0.15) is 35.7 Å². The molecule has 1 aliphatic heterocycles. The SMILES string of the molecule is COCc1ccccc1C(=O)NC1CCCNC1C.Cl. The van der Waals surface area contributed by atoms with Gasteiger partial charge in [0.1, 0.15) is 0 Å². The van der Waals surface area contributed by atoms with E-state index in [1.807, 2.05) is 24.3 Å². The van der Waals surface area contributed by atoms with E-state index >= 15 is 0 Å². The Labute approximate surface area is 126 Å². The lowest BCUT2D eigenvalue weighted by atomic mass is 9.99. The summed E-state index contributed by atoms with van der Waals surface area (Å²) in [5.41, 5.74) is 1.64. The van der Waals surface area contributed by atoms with E-state index in [1.54, 1.807) is 7.11 Å². The molecule has 0 spiro atoms. The monoisotopic (exact) mass is 298 g/mol. The normalized spacial score (nSPS) is 21.9. The van der Waals surface area contributed by atoms with Crippen LogP contribution in [-0.4, -0.2) is 31.6 Å². The highest BCUT2D eigenvalue weighted by atomic mass is 35.5. The molecule has 1 aromatic rings. The second-order valence-corrected chi connectivity index (χ2v) is 5.06. The van der Waals surface area contributed by atoms with Crippen molar-refractivity contribution in [3.63, 3.8) is 0 Å². The smallest absolute Gasteiger partial charge is 0.251 e. The van der Waals surface area contributed by atoms with Crippen molar-refractivity contribution < 1.29 is 9.53 Å². The van der Waals surface area contributed by atoms with Crippen LogP contribution in [-0.2, 0) is 11.3 Å². The third-order valence-corrected chi connectivity index (χ3v) is 3.64. The van der Waals surface area contributed by atoms with E-state index in [9.17, 15) is 4.79 Å². The molecule has 4 nitrogen and oxygen atoms in total. The van der Waals surface area contributed by atoms with Gasteiger partial charge in [0, 0.05) is 24.8 Å². The second-order valence-electron chi connectivity index (χ2n) is 5.06. The standard InChI is InChI=1S/C15H22N2O2.ClH/c1-11-14(8-5-9-16-11)17-15(18)13-7-4-3-6-12(13)10-19-2;/h3-4,6-7,11,14,16H,5,8-10H2,1-2H3,(H,17,18);1H. The van der Waals surface area contributed by atoms with Crippen LogP contribution in [0.2, 0.25) is 0 Å². The topological polar surface area (TPSA) is 50.4 Å². The third kappa shape index (κ3) is 4.20. The molecule has 1 amide bonds. The summed E-state index contributed by atoms with van der Waals surface area (Å²) in [5, 5.41) is 6.52. The lowest BCUT2D eigenvalue weighted by Gasteiger charge is -2.30. The number of hydrogen-bond donors (Lipinski definition) is 2. The number of benzene rings is 1. The Hall–Kier alpha value is -1.10. The van der Waals surface area contributed by atoms with E-state index in [0.717, 1.165) is 24.9 Å². The van der Waals surface area contributed by atoms with E-state index in [1.165, 1.54) is 0 Å². The van der Waals surface area contributed by atoms with Crippen LogP contribution >= 0.6 is 12.4 Å². The number of nitrogens with one attached hydrogen (secondary N) is 2. The summed E-state index contributed by atoms with van der Waals surface area (Å²) in [6, 6.07) is 8.13. The predicted molar refractivity (Wildman–Crippen MR) is 82.4 cm³/mol. The van der Waals surface area contributed by atoms with Gasteiger partial charge in [0.25, 0.3) is 5.91 Å². The first kappa shape index (κ1) is 17.0. The molecule has 1 aliphatic rings. The quantitative estimate of drug-likeness (QED) is 0.895. The molecule has 5 heteroatoms. The second kappa shape index (κ2) is 8.25. The van der Waals surface area contributed by atoms with Crippen LogP contribution in [0.3, 0.4) is 0 Å². The van der Waals surface area contributed by atoms with Gasteiger partial charge >= 0.3 is 0 Å². The van der Waals surface area contributed by atoms with Crippen molar-refractivity contribution in [3.05, 3.63) is 35.4 Å². The van der Waals surface area contributed by atoms with Gasteiger partial charge in [-0.25, -0.2) is 0 Å². The van der Waals surface area contributed by atoms with E-state index < -0.39 is 0 Å². The van der Waals surface area contributed by atoms with Gasteiger partial charge < -0.3 is 15.4 Å². The largest absolute Gasteiger partial charge is 0.380 e. The summed E-state index contributed by atoms with van der Waals surface area (Å²) >= 11 is 0. The van der Waals surface area contributed by atoms with Gasteiger partial charge in [-0.3, -0.25) is 4.79 Å². The number of halogens is 1. The molecule has 2 rings (SSSR count). The van der Waals surface area contributed by atoms with E-state index in [4.69, 9.17) is 4.74 Å². The Balaban J connectivity index is 0.00000200. The fourth-order valence-electron chi connectivity index (χ4n) is 2.51. The Morgan fingerprint density at radius 2 is 2.20 bits per heavy atom. The van der Waals surface area contributed by atoms with Crippen LogP contribution in [0.4, 0.5) is 0 Å². The number of carbonyl (C=O) groups is 1. The van der Waals surface area contributed by atoms with Crippen molar-refractivity contribution in [2.75, 3.05) is 13.7 Å².